The van der Waals surface area contributed by atoms with Crippen LogP contribution in [0.1, 0.15) is 17.2 Å². The van der Waals surface area contributed by atoms with Crippen LogP contribution >= 0.6 is 0 Å². The van der Waals surface area contributed by atoms with E-state index in [9.17, 15) is 18.0 Å². The Morgan fingerprint density at radius 3 is 2.16 bits per heavy atom. The minimum atomic E-state index is -4.79. The summed E-state index contributed by atoms with van der Waals surface area (Å²) in [5.74, 6) is -0.561. The molecule has 1 heterocycles. The number of nitrogens with two attached hydrogens (primary N) is 2. The van der Waals surface area contributed by atoms with E-state index in [0.717, 1.165) is 11.1 Å². The summed E-state index contributed by atoms with van der Waals surface area (Å²) in [6, 6.07) is 29.1. The molecule has 5 rings (SSSR count). The van der Waals surface area contributed by atoms with Crippen LogP contribution in [0.3, 0.4) is 0 Å². The van der Waals surface area contributed by atoms with Crippen molar-refractivity contribution in [2.24, 2.45) is 5.73 Å². The number of para-hydroxylation sites is 1. The first kappa shape index (κ1) is 31.0. The Bertz CT molecular complexity index is 1750. The molecule has 0 aliphatic heterocycles. The third-order valence-electron chi connectivity index (χ3n) is 6.84. The molecule has 0 bridgehead atoms. The van der Waals surface area contributed by atoms with E-state index in [1.165, 1.54) is 25.3 Å². The maximum Gasteiger partial charge on any atom is 0.429 e. The van der Waals surface area contributed by atoms with Crippen molar-refractivity contribution in [1.82, 2.24) is 9.97 Å². The number of nitrogen functional groups attached to an aromatic ring is 1. The van der Waals surface area contributed by atoms with Gasteiger partial charge in [-0.15, -0.1) is 0 Å². The molecule has 0 radical (unpaired) electrons. The van der Waals surface area contributed by atoms with Gasteiger partial charge in [0.05, 0.1) is 12.8 Å². The number of esters is 1. The molecule has 0 aliphatic carbocycles. The van der Waals surface area contributed by atoms with E-state index in [1.807, 2.05) is 30.3 Å². The second kappa shape index (κ2) is 13.5. The summed E-state index contributed by atoms with van der Waals surface area (Å²) in [5, 5.41) is 0. The number of aromatic nitrogens is 2. The largest absolute Gasteiger partial charge is 0.496 e. The van der Waals surface area contributed by atoms with Gasteiger partial charge in [0.15, 0.2) is 0 Å². The number of hydrogen-bond donors (Lipinski definition) is 2. The average Bonchev–Trinajstić information content (AvgIpc) is 3.04. The first-order chi connectivity index (χ1) is 21.6. The summed E-state index contributed by atoms with van der Waals surface area (Å²) in [5.41, 5.74) is 14.7. The first-order valence-electron chi connectivity index (χ1n) is 13.8. The van der Waals surface area contributed by atoms with Gasteiger partial charge in [-0.05, 0) is 35.7 Å². The highest BCUT2D eigenvalue weighted by molar-refractivity contribution is 5.78. The molecule has 230 valence electrons. The topological polar surface area (TPSA) is 123 Å². The number of nitrogens with zero attached hydrogens (tertiary/aromatic N) is 2. The van der Waals surface area contributed by atoms with E-state index < -0.39 is 24.3 Å². The number of rotatable bonds is 10. The molecular weight excluding hydrogens is 585 g/mol. The molecule has 4 N–H and O–H groups in total. The molecule has 8 nitrogen and oxygen atoms in total. The number of carbonyl (C=O) groups is 1. The molecule has 0 aliphatic rings. The van der Waals surface area contributed by atoms with Crippen molar-refractivity contribution in [3.8, 4) is 39.8 Å². The molecule has 11 heteroatoms. The summed E-state index contributed by atoms with van der Waals surface area (Å²) in [4.78, 5) is 20.5. The number of halogens is 3. The molecule has 0 fully saturated rings. The van der Waals surface area contributed by atoms with Gasteiger partial charge in [0.25, 0.3) is 0 Å². The zero-order valence-corrected chi connectivity index (χ0v) is 24.1. The number of alkyl halides is 3. The van der Waals surface area contributed by atoms with Gasteiger partial charge >= 0.3 is 12.1 Å². The van der Waals surface area contributed by atoms with E-state index >= 15 is 0 Å². The normalized spacial score (nSPS) is 12.6. The fourth-order valence-electron chi connectivity index (χ4n) is 4.65. The van der Waals surface area contributed by atoms with Crippen molar-refractivity contribution >= 4 is 11.9 Å². The van der Waals surface area contributed by atoms with Crippen molar-refractivity contribution in [1.29, 1.82) is 0 Å². The monoisotopic (exact) mass is 614 g/mol. The van der Waals surface area contributed by atoms with Crippen LogP contribution < -0.4 is 25.7 Å². The van der Waals surface area contributed by atoms with Gasteiger partial charge < -0.3 is 25.7 Å². The fourth-order valence-corrected chi connectivity index (χ4v) is 4.65. The lowest BCUT2D eigenvalue weighted by molar-refractivity contribution is -0.198. The Balaban J connectivity index is 1.34. The molecule has 2 atom stereocenters. The van der Waals surface area contributed by atoms with Gasteiger partial charge in [-0.3, -0.25) is 0 Å². The number of methoxy groups -OCH3 is 1. The summed E-state index contributed by atoms with van der Waals surface area (Å²) >= 11 is 0. The highest BCUT2D eigenvalue weighted by Crippen LogP contribution is 2.40. The molecule has 4 aromatic carbocycles. The quantitative estimate of drug-likeness (QED) is 0.134. The highest BCUT2D eigenvalue weighted by Gasteiger charge is 2.44. The Morgan fingerprint density at radius 1 is 0.844 bits per heavy atom. The second-order valence-corrected chi connectivity index (χ2v) is 10.1. The van der Waals surface area contributed by atoms with Crippen LogP contribution in [0.4, 0.5) is 19.1 Å². The van der Waals surface area contributed by atoms with Gasteiger partial charge in [-0.25, -0.2) is 9.78 Å². The van der Waals surface area contributed by atoms with E-state index in [4.69, 9.17) is 25.7 Å². The van der Waals surface area contributed by atoms with Gasteiger partial charge in [0, 0.05) is 22.8 Å². The molecule has 0 amide bonds. The number of anilines is 1. The minimum absolute atomic E-state index is 0.177. The molecule has 5 aromatic rings. The summed E-state index contributed by atoms with van der Waals surface area (Å²) in [6.07, 6.45) is -6.95. The van der Waals surface area contributed by atoms with Crippen molar-refractivity contribution in [3.63, 3.8) is 0 Å². The van der Waals surface area contributed by atoms with Gasteiger partial charge in [-0.2, -0.15) is 18.2 Å². The van der Waals surface area contributed by atoms with E-state index in [1.54, 1.807) is 60.7 Å². The smallest absolute Gasteiger partial charge is 0.429 e. The molecule has 45 heavy (non-hydrogen) atoms. The van der Waals surface area contributed by atoms with Crippen LogP contribution in [-0.2, 0) is 11.2 Å². The lowest BCUT2D eigenvalue weighted by atomic mass is 10.00. The predicted molar refractivity (Wildman–Crippen MR) is 163 cm³/mol. The molecular formula is C34H29F3N4O4. The highest BCUT2D eigenvalue weighted by atomic mass is 19.4. The van der Waals surface area contributed by atoms with E-state index in [2.05, 4.69) is 9.97 Å². The average molecular weight is 615 g/mol. The van der Waals surface area contributed by atoms with Gasteiger partial charge in [0.2, 0.25) is 17.9 Å². The van der Waals surface area contributed by atoms with Crippen LogP contribution in [0.25, 0.3) is 22.4 Å². The standard InChI is InChI=1S/C34H29F3N4O4/c1-43-29-19-24(16-17-26(29)22-8-4-2-5-9-22)31(34(35,36)37)45-30-20-28(40-33(39)41-30)23-14-12-21(13-15-23)18-27(38)32(42)44-25-10-6-3-7-11-25/h2-17,19-20,27,31H,18,38H2,1H3,(H2,39,40,41)/t27-,31+/m0/s1. The van der Waals surface area contributed by atoms with Crippen molar-refractivity contribution in [3.05, 3.63) is 120 Å². The second-order valence-electron chi connectivity index (χ2n) is 10.1. The number of ether oxygens (including phenoxy) is 3. The predicted octanol–water partition coefficient (Wildman–Crippen LogP) is 6.56. The van der Waals surface area contributed by atoms with Crippen LogP contribution in [0.5, 0.6) is 17.4 Å². The first-order valence-corrected chi connectivity index (χ1v) is 13.8. The van der Waals surface area contributed by atoms with Crippen molar-refractivity contribution in [2.45, 2.75) is 24.7 Å². The number of carbonyl (C=O) groups excluding carboxylic acids is 1. The van der Waals surface area contributed by atoms with E-state index in [-0.39, 0.29) is 35.3 Å². The Hall–Kier alpha value is -5.42. The summed E-state index contributed by atoms with van der Waals surface area (Å²) < 4.78 is 59.1. The van der Waals surface area contributed by atoms with Crippen LogP contribution in [-0.4, -0.2) is 35.3 Å². The Labute approximate surface area is 257 Å². The molecule has 0 saturated carbocycles. The Morgan fingerprint density at radius 2 is 1.51 bits per heavy atom. The van der Waals surface area contributed by atoms with Gasteiger partial charge in [-0.1, -0.05) is 84.9 Å². The number of benzene rings is 4. The lowest BCUT2D eigenvalue weighted by Crippen LogP contribution is -2.36. The Kier molecular flexibility index (Phi) is 9.29. The van der Waals surface area contributed by atoms with Gasteiger partial charge in [0.1, 0.15) is 17.5 Å². The van der Waals surface area contributed by atoms with Crippen LogP contribution in [0, 0.1) is 0 Å². The number of hydrogen-bond acceptors (Lipinski definition) is 8. The SMILES string of the molecule is COc1cc([C@@H](Oc2cc(-c3ccc(C[C@H](N)C(=O)Oc4ccccc4)cc3)nc(N)n2)C(F)(F)F)ccc1-c1ccccc1. The zero-order chi connectivity index (χ0) is 32.0. The van der Waals surface area contributed by atoms with Crippen molar-refractivity contribution in [2.75, 3.05) is 12.8 Å². The molecule has 0 saturated heterocycles. The third kappa shape index (κ3) is 7.76. The minimum Gasteiger partial charge on any atom is -0.496 e. The van der Waals surface area contributed by atoms with Crippen molar-refractivity contribution < 1.29 is 32.2 Å². The maximum absolute atomic E-state index is 14.3. The molecule has 0 spiro atoms. The molecule has 0 unspecified atom stereocenters. The summed E-state index contributed by atoms with van der Waals surface area (Å²) in [7, 11) is 1.39. The molecule has 1 aromatic heterocycles. The lowest BCUT2D eigenvalue weighted by Gasteiger charge is -2.23. The van der Waals surface area contributed by atoms with E-state index in [0.29, 0.717) is 16.9 Å². The maximum atomic E-state index is 14.3. The third-order valence-corrected chi connectivity index (χ3v) is 6.84. The van der Waals surface area contributed by atoms with Crippen LogP contribution in [0.2, 0.25) is 0 Å². The fraction of sp³-hybridized carbons (Fsp3) is 0.147. The summed E-state index contributed by atoms with van der Waals surface area (Å²) in [6.45, 7) is 0. The zero-order valence-electron chi connectivity index (χ0n) is 24.1. The van der Waals surface area contributed by atoms with Crippen LogP contribution in [0.15, 0.2) is 109 Å².